The molecule has 2 aromatic carbocycles. The van der Waals surface area contributed by atoms with Crippen molar-refractivity contribution in [1.29, 1.82) is 0 Å². The van der Waals surface area contributed by atoms with Gasteiger partial charge in [-0.1, -0.05) is 65.5 Å². The Morgan fingerprint density at radius 3 is 2.16 bits per heavy atom. The number of rotatable bonds is 2. The maximum Gasteiger partial charge on any atom is 0.0857 e. The number of halogens is 4. The van der Waals surface area contributed by atoms with Gasteiger partial charge in [0, 0.05) is 13.4 Å². The van der Waals surface area contributed by atoms with Crippen molar-refractivity contribution in [2.75, 3.05) is 0 Å². The highest BCUT2D eigenvalue weighted by atomic mass is 79.9. The van der Waals surface area contributed by atoms with E-state index in [4.69, 9.17) is 11.6 Å². The van der Waals surface area contributed by atoms with Crippen LogP contribution >= 0.6 is 59.4 Å². The molecule has 2 rings (SSSR count). The minimum atomic E-state index is -0.194. The second-order valence-electron chi connectivity index (χ2n) is 4.51. The summed E-state index contributed by atoms with van der Waals surface area (Å²) in [4.78, 5) is 0. The average Bonchev–Trinajstić information content (AvgIpc) is 2.36. The van der Waals surface area contributed by atoms with Crippen molar-refractivity contribution in [3.05, 3.63) is 66.0 Å². The Balaban J connectivity index is 2.52. The van der Waals surface area contributed by atoms with Crippen molar-refractivity contribution in [1.82, 2.24) is 0 Å². The van der Waals surface area contributed by atoms with Crippen LogP contribution in [0.2, 0.25) is 0 Å². The highest BCUT2D eigenvalue weighted by molar-refractivity contribution is 9.11. The van der Waals surface area contributed by atoms with Gasteiger partial charge in [0.1, 0.15) is 0 Å². The molecule has 1 atom stereocenters. The van der Waals surface area contributed by atoms with Gasteiger partial charge < -0.3 is 0 Å². The first kappa shape index (κ1) is 15.6. The minimum absolute atomic E-state index is 0.194. The Bertz CT molecular complexity index is 623. The summed E-state index contributed by atoms with van der Waals surface area (Å²) >= 11 is 17.4. The molecule has 4 heteroatoms. The third-order valence-corrected chi connectivity index (χ3v) is 5.71. The first-order valence-corrected chi connectivity index (χ1v) is 8.57. The number of benzene rings is 2. The largest absolute Gasteiger partial charge is 0.113 e. The smallest absolute Gasteiger partial charge is 0.0857 e. The normalized spacial score (nSPS) is 12.5. The third-order valence-electron chi connectivity index (χ3n) is 2.98. The fraction of sp³-hybridized carbons (Fsp3) is 0.200. The summed E-state index contributed by atoms with van der Waals surface area (Å²) in [6.45, 7) is 4.13. The summed E-state index contributed by atoms with van der Waals surface area (Å²) < 4.78 is 3.13. The zero-order valence-electron chi connectivity index (χ0n) is 10.5. The monoisotopic (exact) mass is 464 g/mol. The lowest BCUT2D eigenvalue weighted by Gasteiger charge is -2.16. The first-order valence-electron chi connectivity index (χ1n) is 5.76. The molecular weight excluding hydrogens is 455 g/mol. The van der Waals surface area contributed by atoms with Gasteiger partial charge in [-0.25, -0.2) is 0 Å². The van der Waals surface area contributed by atoms with Gasteiger partial charge in [-0.15, -0.1) is 11.6 Å². The van der Waals surface area contributed by atoms with E-state index in [0.717, 1.165) is 24.5 Å². The van der Waals surface area contributed by atoms with Crippen molar-refractivity contribution in [2.45, 2.75) is 19.2 Å². The molecule has 0 fully saturated rings. The fourth-order valence-corrected chi connectivity index (χ4v) is 4.03. The van der Waals surface area contributed by atoms with Gasteiger partial charge in [-0.2, -0.15) is 0 Å². The molecule has 0 aliphatic heterocycles. The van der Waals surface area contributed by atoms with E-state index in [1.54, 1.807) is 0 Å². The molecule has 0 radical (unpaired) electrons. The maximum atomic E-state index is 6.66. The molecule has 0 aliphatic carbocycles. The second-order valence-corrected chi connectivity index (χ2v) is 7.51. The van der Waals surface area contributed by atoms with Crippen LogP contribution in [0.4, 0.5) is 0 Å². The van der Waals surface area contributed by atoms with Crippen LogP contribution in [0, 0.1) is 13.8 Å². The Hall–Kier alpha value is 0.170. The molecule has 0 amide bonds. The highest BCUT2D eigenvalue weighted by Crippen LogP contribution is 2.39. The van der Waals surface area contributed by atoms with E-state index in [1.165, 1.54) is 11.1 Å². The topological polar surface area (TPSA) is 0 Å². The van der Waals surface area contributed by atoms with Crippen LogP contribution in [0.5, 0.6) is 0 Å². The van der Waals surface area contributed by atoms with Gasteiger partial charge >= 0.3 is 0 Å². The van der Waals surface area contributed by atoms with Crippen molar-refractivity contribution in [3.8, 4) is 0 Å². The standard InChI is InChI=1S/C15H12Br3Cl/c1-8-3-4-12(16)10(5-8)15(19)11-7-13(17)9(2)6-14(11)18/h3-7,15H,1-2H3. The van der Waals surface area contributed by atoms with Crippen LogP contribution in [0.1, 0.15) is 27.6 Å². The van der Waals surface area contributed by atoms with E-state index >= 15 is 0 Å². The summed E-state index contributed by atoms with van der Waals surface area (Å²) in [6, 6.07) is 10.4. The Morgan fingerprint density at radius 1 is 0.842 bits per heavy atom. The maximum absolute atomic E-state index is 6.66. The first-order chi connectivity index (χ1) is 8.90. The molecule has 0 aromatic heterocycles. The molecule has 0 N–H and O–H groups in total. The molecule has 100 valence electrons. The van der Waals surface area contributed by atoms with Crippen LogP contribution in [0.3, 0.4) is 0 Å². The van der Waals surface area contributed by atoms with Crippen LogP contribution in [0.15, 0.2) is 43.7 Å². The zero-order valence-corrected chi connectivity index (χ0v) is 16.0. The van der Waals surface area contributed by atoms with Crippen LogP contribution in [0.25, 0.3) is 0 Å². The number of aryl methyl sites for hydroxylation is 2. The predicted octanol–water partition coefficient (Wildman–Crippen LogP) is 6.92. The van der Waals surface area contributed by atoms with Crippen molar-refractivity contribution < 1.29 is 0 Å². The molecule has 2 aromatic rings. The lowest BCUT2D eigenvalue weighted by molar-refractivity contribution is 1.10. The highest BCUT2D eigenvalue weighted by Gasteiger charge is 2.18. The van der Waals surface area contributed by atoms with E-state index < -0.39 is 0 Å². The fourth-order valence-electron chi connectivity index (χ4n) is 1.88. The SMILES string of the molecule is Cc1ccc(Br)c(C(Cl)c2cc(Br)c(C)cc2Br)c1. The van der Waals surface area contributed by atoms with Crippen molar-refractivity contribution in [2.24, 2.45) is 0 Å². The van der Waals surface area contributed by atoms with E-state index in [0.29, 0.717) is 0 Å². The summed E-state index contributed by atoms with van der Waals surface area (Å²) in [7, 11) is 0. The Kier molecular flexibility index (Phi) is 5.15. The molecular formula is C15H12Br3Cl. The summed E-state index contributed by atoms with van der Waals surface area (Å²) in [5.74, 6) is 0. The van der Waals surface area contributed by atoms with Gasteiger partial charge in [0.15, 0.2) is 0 Å². The number of hydrogen-bond acceptors (Lipinski definition) is 0. The van der Waals surface area contributed by atoms with Gasteiger partial charge in [-0.3, -0.25) is 0 Å². The molecule has 0 aliphatic rings. The molecule has 19 heavy (non-hydrogen) atoms. The van der Waals surface area contributed by atoms with Gasteiger partial charge in [0.2, 0.25) is 0 Å². The second kappa shape index (κ2) is 6.30. The Labute approximate surface area is 143 Å². The quantitative estimate of drug-likeness (QED) is 0.421. The predicted molar refractivity (Wildman–Crippen MR) is 93.2 cm³/mol. The number of hydrogen-bond donors (Lipinski definition) is 0. The summed E-state index contributed by atoms with van der Waals surface area (Å²) in [5.41, 5.74) is 4.53. The minimum Gasteiger partial charge on any atom is -0.113 e. The van der Waals surface area contributed by atoms with E-state index in [2.05, 4.69) is 85.9 Å². The van der Waals surface area contributed by atoms with Gasteiger partial charge in [0.05, 0.1) is 5.38 Å². The Morgan fingerprint density at radius 2 is 1.47 bits per heavy atom. The molecule has 0 nitrogen and oxygen atoms in total. The lowest BCUT2D eigenvalue weighted by Crippen LogP contribution is -1.97. The van der Waals surface area contributed by atoms with Crippen molar-refractivity contribution >= 4 is 59.4 Å². The lowest BCUT2D eigenvalue weighted by atomic mass is 10.0. The van der Waals surface area contributed by atoms with Gasteiger partial charge in [-0.05, 0) is 48.7 Å². The van der Waals surface area contributed by atoms with E-state index in [1.807, 2.05) is 6.07 Å². The summed E-state index contributed by atoms with van der Waals surface area (Å²) in [5, 5.41) is -0.194. The molecule has 0 spiro atoms. The summed E-state index contributed by atoms with van der Waals surface area (Å²) in [6.07, 6.45) is 0. The van der Waals surface area contributed by atoms with Crippen molar-refractivity contribution in [3.63, 3.8) is 0 Å². The number of alkyl halides is 1. The third kappa shape index (κ3) is 3.44. The molecule has 0 bridgehead atoms. The average molecular weight is 467 g/mol. The van der Waals surface area contributed by atoms with Crippen LogP contribution in [-0.2, 0) is 0 Å². The molecule has 0 heterocycles. The van der Waals surface area contributed by atoms with Crippen LogP contribution < -0.4 is 0 Å². The zero-order chi connectivity index (χ0) is 14.2. The molecule has 0 saturated heterocycles. The van der Waals surface area contributed by atoms with E-state index in [-0.39, 0.29) is 5.38 Å². The molecule has 0 saturated carbocycles. The van der Waals surface area contributed by atoms with E-state index in [9.17, 15) is 0 Å². The van der Waals surface area contributed by atoms with Gasteiger partial charge in [0.25, 0.3) is 0 Å². The van der Waals surface area contributed by atoms with Crippen LogP contribution in [-0.4, -0.2) is 0 Å². The molecule has 1 unspecified atom stereocenters.